The highest BCUT2D eigenvalue weighted by Crippen LogP contribution is 2.32. The molecule has 1 atom stereocenters. The molecule has 2 aromatic rings. The van der Waals surface area contributed by atoms with Gasteiger partial charge in [-0.2, -0.15) is 0 Å². The number of aromatic nitrogens is 2. The lowest BCUT2D eigenvalue weighted by atomic mass is 9.92. The molecule has 0 spiro atoms. The zero-order valence-electron chi connectivity index (χ0n) is 13.4. The Kier molecular flexibility index (Phi) is 4.49. The van der Waals surface area contributed by atoms with E-state index in [0.29, 0.717) is 0 Å². The number of fused-ring (bicyclic) bond motifs is 1. The van der Waals surface area contributed by atoms with Crippen LogP contribution >= 0.6 is 15.9 Å². The Morgan fingerprint density at radius 3 is 2.59 bits per heavy atom. The quantitative estimate of drug-likeness (QED) is 0.574. The summed E-state index contributed by atoms with van der Waals surface area (Å²) in [5, 5.41) is 12.0. The van der Waals surface area contributed by atoms with Crippen LogP contribution in [0.4, 0.5) is 5.82 Å². The molecule has 0 bridgehead atoms. The number of imidazole rings is 1. The number of rotatable bonds is 3. The van der Waals surface area contributed by atoms with E-state index < -0.39 is 11.9 Å². The first-order valence-electron chi connectivity index (χ1n) is 7.05. The van der Waals surface area contributed by atoms with Gasteiger partial charge < -0.3 is 5.32 Å². The van der Waals surface area contributed by atoms with Gasteiger partial charge in [-0.3, -0.25) is 14.4 Å². The van der Waals surface area contributed by atoms with Crippen molar-refractivity contribution in [2.45, 2.75) is 46.1 Å². The van der Waals surface area contributed by atoms with E-state index in [1.54, 1.807) is 12.4 Å². The predicted octanol–water partition coefficient (Wildman–Crippen LogP) is 3.01. The molecule has 6 nitrogen and oxygen atoms in total. The number of hydrogen-bond acceptors (Lipinski definition) is 4. The number of aryl methyl sites for hydroxylation is 1. The Hall–Kier alpha value is -1.60. The minimum atomic E-state index is -0.593. The number of hydrogen-bond donors (Lipinski definition) is 3. The van der Waals surface area contributed by atoms with E-state index in [-0.39, 0.29) is 5.41 Å². The summed E-state index contributed by atoms with van der Waals surface area (Å²) < 4.78 is 2.94. The van der Waals surface area contributed by atoms with Crippen molar-refractivity contribution in [1.82, 2.24) is 14.9 Å². The molecule has 120 valence electrons. The number of amides is 1. The van der Waals surface area contributed by atoms with Gasteiger partial charge in [0.2, 0.25) is 0 Å². The molecule has 1 unspecified atom stereocenters. The van der Waals surface area contributed by atoms with Crippen molar-refractivity contribution in [3.63, 3.8) is 0 Å². The van der Waals surface area contributed by atoms with E-state index in [1.807, 2.05) is 23.5 Å². The van der Waals surface area contributed by atoms with Crippen molar-refractivity contribution in [3.8, 4) is 0 Å². The molecule has 0 aliphatic rings. The molecular weight excluding hydrogens is 348 g/mol. The summed E-state index contributed by atoms with van der Waals surface area (Å²) in [5.74, 6) is 0.264. The standard InChI is InChI=1S/C15H21BrN4O2/c1-8(14(21)19-22)17-13-12(15(3,4)5)18-11-7-6-10(16)9(2)20(11)13/h6-8,17,22H,1-5H3,(H,19,21). The van der Waals surface area contributed by atoms with Crippen LogP contribution in [0.25, 0.3) is 5.65 Å². The number of nitrogens with zero attached hydrogens (tertiary/aromatic N) is 2. The van der Waals surface area contributed by atoms with Crippen LogP contribution in [0.1, 0.15) is 39.1 Å². The molecule has 2 heterocycles. The van der Waals surface area contributed by atoms with Gasteiger partial charge >= 0.3 is 0 Å². The minimum absolute atomic E-state index is 0.192. The first kappa shape index (κ1) is 16.8. The van der Waals surface area contributed by atoms with Crippen LogP contribution in [0, 0.1) is 6.92 Å². The maximum atomic E-state index is 11.6. The van der Waals surface area contributed by atoms with Crippen LogP contribution < -0.4 is 10.8 Å². The molecule has 7 heteroatoms. The van der Waals surface area contributed by atoms with Crippen LogP contribution in [0.3, 0.4) is 0 Å². The molecule has 0 radical (unpaired) electrons. The second-order valence-corrected chi connectivity index (χ2v) is 7.22. The SMILES string of the molecule is Cc1c(Br)ccc2nc(C(C)(C)C)c(NC(C)C(=O)NO)n12. The van der Waals surface area contributed by atoms with Gasteiger partial charge in [-0.25, -0.2) is 10.5 Å². The number of anilines is 1. The second-order valence-electron chi connectivity index (χ2n) is 6.36. The Balaban J connectivity index is 2.67. The minimum Gasteiger partial charge on any atom is -0.358 e. The second kappa shape index (κ2) is 5.89. The lowest BCUT2D eigenvalue weighted by molar-refractivity contribution is -0.129. The molecule has 1 amide bonds. The number of pyridine rings is 1. The van der Waals surface area contributed by atoms with Crippen LogP contribution in [0.15, 0.2) is 16.6 Å². The van der Waals surface area contributed by atoms with E-state index in [2.05, 4.69) is 42.0 Å². The van der Waals surface area contributed by atoms with E-state index >= 15 is 0 Å². The van der Waals surface area contributed by atoms with Gasteiger partial charge in [0.15, 0.2) is 0 Å². The first-order valence-corrected chi connectivity index (χ1v) is 7.84. The lowest BCUT2D eigenvalue weighted by Crippen LogP contribution is -2.36. The highest BCUT2D eigenvalue weighted by atomic mass is 79.9. The summed E-state index contributed by atoms with van der Waals surface area (Å²) in [6.07, 6.45) is 0. The third-order valence-corrected chi connectivity index (χ3v) is 4.37. The van der Waals surface area contributed by atoms with Gasteiger partial charge in [-0.15, -0.1) is 0 Å². The number of hydroxylamine groups is 1. The maximum absolute atomic E-state index is 11.6. The Labute approximate surface area is 138 Å². The van der Waals surface area contributed by atoms with Gasteiger partial charge in [0.05, 0.1) is 5.69 Å². The average Bonchev–Trinajstić information content (AvgIpc) is 2.81. The summed E-state index contributed by atoms with van der Waals surface area (Å²) in [6.45, 7) is 9.88. The van der Waals surface area contributed by atoms with Crippen LogP contribution in [0.5, 0.6) is 0 Å². The number of carbonyl (C=O) groups excluding carboxylic acids is 1. The summed E-state index contributed by atoms with van der Waals surface area (Å²) in [6, 6.07) is 3.29. The topological polar surface area (TPSA) is 78.7 Å². The fourth-order valence-electron chi connectivity index (χ4n) is 2.29. The Morgan fingerprint density at radius 1 is 1.41 bits per heavy atom. The van der Waals surface area contributed by atoms with Crippen LogP contribution in [-0.4, -0.2) is 26.5 Å². The molecule has 22 heavy (non-hydrogen) atoms. The van der Waals surface area contributed by atoms with Crippen molar-refractivity contribution in [2.75, 3.05) is 5.32 Å². The number of carbonyl (C=O) groups is 1. The molecule has 2 aromatic heterocycles. The van der Waals surface area contributed by atoms with Gasteiger partial charge in [0, 0.05) is 15.6 Å². The fraction of sp³-hybridized carbons (Fsp3) is 0.467. The van der Waals surface area contributed by atoms with Gasteiger partial charge in [-0.05, 0) is 41.9 Å². The third kappa shape index (κ3) is 2.96. The van der Waals surface area contributed by atoms with Crippen LogP contribution in [0.2, 0.25) is 0 Å². The van der Waals surface area contributed by atoms with Crippen molar-refractivity contribution in [1.29, 1.82) is 0 Å². The smallest absolute Gasteiger partial charge is 0.265 e. The summed E-state index contributed by atoms with van der Waals surface area (Å²) >= 11 is 3.52. The molecule has 0 aromatic carbocycles. The highest BCUT2D eigenvalue weighted by Gasteiger charge is 2.27. The molecular formula is C15H21BrN4O2. The van der Waals surface area contributed by atoms with Crippen molar-refractivity contribution in [2.24, 2.45) is 0 Å². The molecule has 0 saturated carbocycles. The first-order chi connectivity index (χ1) is 10.2. The maximum Gasteiger partial charge on any atom is 0.265 e. The molecule has 3 N–H and O–H groups in total. The lowest BCUT2D eigenvalue weighted by Gasteiger charge is -2.21. The van der Waals surface area contributed by atoms with Crippen molar-refractivity contribution in [3.05, 3.63) is 28.0 Å². The van der Waals surface area contributed by atoms with Gasteiger partial charge in [0.1, 0.15) is 17.5 Å². The van der Waals surface area contributed by atoms with E-state index in [1.165, 1.54) is 0 Å². The molecule has 0 fully saturated rings. The Bertz CT molecular complexity index is 718. The normalized spacial score (nSPS) is 13.2. The predicted molar refractivity (Wildman–Crippen MR) is 89.3 cm³/mol. The van der Waals surface area contributed by atoms with Crippen LogP contribution in [-0.2, 0) is 10.2 Å². The zero-order chi connectivity index (χ0) is 16.7. The van der Waals surface area contributed by atoms with Crippen molar-refractivity contribution >= 4 is 33.3 Å². The summed E-state index contributed by atoms with van der Waals surface area (Å²) in [4.78, 5) is 16.3. The number of nitrogens with one attached hydrogen (secondary N) is 2. The fourth-order valence-corrected chi connectivity index (χ4v) is 2.60. The molecule has 0 aliphatic carbocycles. The number of halogens is 1. The summed E-state index contributed by atoms with van der Waals surface area (Å²) in [5.41, 5.74) is 4.14. The third-order valence-electron chi connectivity index (χ3n) is 3.53. The monoisotopic (exact) mass is 368 g/mol. The van der Waals surface area contributed by atoms with Crippen molar-refractivity contribution < 1.29 is 10.0 Å². The average molecular weight is 369 g/mol. The van der Waals surface area contributed by atoms with E-state index in [4.69, 9.17) is 10.2 Å². The molecule has 2 rings (SSSR count). The van der Waals surface area contributed by atoms with Gasteiger partial charge in [-0.1, -0.05) is 20.8 Å². The highest BCUT2D eigenvalue weighted by molar-refractivity contribution is 9.10. The Morgan fingerprint density at radius 2 is 2.05 bits per heavy atom. The zero-order valence-corrected chi connectivity index (χ0v) is 14.9. The summed E-state index contributed by atoms with van der Waals surface area (Å²) in [7, 11) is 0. The van der Waals surface area contributed by atoms with Gasteiger partial charge in [0.25, 0.3) is 5.91 Å². The van der Waals surface area contributed by atoms with E-state index in [9.17, 15) is 4.79 Å². The van der Waals surface area contributed by atoms with E-state index in [0.717, 1.165) is 27.3 Å². The molecule has 0 saturated heterocycles. The molecule has 0 aliphatic heterocycles. The largest absolute Gasteiger partial charge is 0.358 e.